The van der Waals surface area contributed by atoms with E-state index in [0.717, 1.165) is 13.0 Å². The molecule has 1 N–H and O–H groups in total. The van der Waals surface area contributed by atoms with Crippen LogP contribution in [0.4, 0.5) is 5.69 Å². The van der Waals surface area contributed by atoms with E-state index in [1.165, 1.54) is 10.6 Å². The van der Waals surface area contributed by atoms with Gasteiger partial charge in [-0.15, -0.1) is 11.8 Å². The summed E-state index contributed by atoms with van der Waals surface area (Å²) in [5.74, 6) is 1.10. The molecule has 0 spiro atoms. The predicted octanol–water partition coefficient (Wildman–Crippen LogP) is 1.62. The zero-order valence-electron chi connectivity index (χ0n) is 8.95. The van der Waals surface area contributed by atoms with Gasteiger partial charge >= 0.3 is 10.4 Å². The lowest BCUT2D eigenvalue weighted by Gasteiger charge is -2.08. The Morgan fingerprint density at radius 3 is 2.50 bits per heavy atom. The molecule has 0 aromatic heterocycles. The summed E-state index contributed by atoms with van der Waals surface area (Å²) in [4.78, 5) is 3.67. The van der Waals surface area contributed by atoms with Gasteiger partial charge in [0, 0.05) is 11.9 Å². The van der Waals surface area contributed by atoms with Crippen molar-refractivity contribution in [1.29, 1.82) is 0 Å². The van der Waals surface area contributed by atoms with Gasteiger partial charge in [0.25, 0.3) is 0 Å². The van der Waals surface area contributed by atoms with Crippen molar-refractivity contribution in [3.8, 4) is 0 Å². The van der Waals surface area contributed by atoms with E-state index in [4.69, 9.17) is 4.55 Å². The first-order valence-electron chi connectivity index (χ1n) is 4.40. The van der Waals surface area contributed by atoms with Crippen molar-refractivity contribution < 1.29 is 17.2 Å². The number of benzene rings is 1. The van der Waals surface area contributed by atoms with Crippen molar-refractivity contribution in [3.63, 3.8) is 0 Å². The van der Waals surface area contributed by atoms with Gasteiger partial charge in [0.15, 0.2) is 0 Å². The normalized spacial score (nSPS) is 14.1. The molecule has 0 saturated carbocycles. The monoisotopic (exact) mass is 263 g/mol. The van der Waals surface area contributed by atoms with Gasteiger partial charge in [0.2, 0.25) is 0 Å². The summed E-state index contributed by atoms with van der Waals surface area (Å²) in [7, 11) is -1.17. The Labute approximate surface area is 99.4 Å². The van der Waals surface area contributed by atoms with E-state index in [2.05, 4.69) is 40.4 Å². The quantitative estimate of drug-likeness (QED) is 0.777. The van der Waals surface area contributed by atoms with Crippen LogP contribution in [0.25, 0.3) is 0 Å². The minimum atomic E-state index is -4.16. The summed E-state index contributed by atoms with van der Waals surface area (Å²) in [5, 5.41) is 0. The number of para-hydroxylation sites is 1. The van der Waals surface area contributed by atoms with Crippen LogP contribution >= 0.6 is 11.8 Å². The van der Waals surface area contributed by atoms with E-state index in [1.807, 2.05) is 11.8 Å². The highest BCUT2D eigenvalue weighted by atomic mass is 32.3. The van der Waals surface area contributed by atoms with Crippen molar-refractivity contribution in [2.45, 2.75) is 4.90 Å². The molecule has 7 heteroatoms. The van der Waals surface area contributed by atoms with Gasteiger partial charge in [-0.1, -0.05) is 12.1 Å². The van der Waals surface area contributed by atoms with Crippen LogP contribution in [0.15, 0.2) is 29.2 Å². The van der Waals surface area contributed by atoms with E-state index < -0.39 is 10.4 Å². The zero-order valence-corrected chi connectivity index (χ0v) is 10.6. The second-order valence-electron chi connectivity index (χ2n) is 3.03. The lowest BCUT2D eigenvalue weighted by Crippen LogP contribution is -2.10. The first-order valence-corrected chi connectivity index (χ1v) is 6.75. The Kier molecular flexibility index (Phi) is 4.60. The van der Waals surface area contributed by atoms with Gasteiger partial charge in [-0.2, -0.15) is 8.42 Å². The van der Waals surface area contributed by atoms with Gasteiger partial charge in [-0.25, -0.2) is 0 Å². The van der Waals surface area contributed by atoms with Crippen LogP contribution in [0, 0.1) is 0 Å². The average molecular weight is 263 g/mol. The predicted molar refractivity (Wildman–Crippen MR) is 64.1 cm³/mol. The second kappa shape index (κ2) is 5.53. The van der Waals surface area contributed by atoms with Crippen molar-refractivity contribution in [2.75, 3.05) is 24.9 Å². The van der Waals surface area contributed by atoms with Gasteiger partial charge in [-0.3, -0.25) is 8.74 Å². The maximum Gasteiger partial charge on any atom is 0.397 e. The smallest absolute Gasteiger partial charge is 0.364 e. The zero-order chi connectivity index (χ0) is 12.2. The molecule has 0 bridgehead atoms. The minimum Gasteiger partial charge on any atom is -0.364 e. The first kappa shape index (κ1) is 13.3. The summed E-state index contributed by atoms with van der Waals surface area (Å²) < 4.78 is 29.7. The minimum absolute atomic E-state index is 0.870. The molecule has 1 heterocycles. The Hall–Kier alpha value is -0.760. The molecule has 2 rings (SSSR count). The highest BCUT2D eigenvalue weighted by molar-refractivity contribution is 7.99. The van der Waals surface area contributed by atoms with Gasteiger partial charge < -0.3 is 4.90 Å². The average Bonchev–Trinajstić information content (AvgIpc) is 2.61. The Bertz CT molecular complexity index is 447. The van der Waals surface area contributed by atoms with Gasteiger partial charge in [-0.05, 0) is 12.1 Å². The van der Waals surface area contributed by atoms with Crippen LogP contribution in [0.1, 0.15) is 0 Å². The highest BCUT2D eigenvalue weighted by Gasteiger charge is 2.13. The van der Waals surface area contributed by atoms with Crippen LogP contribution in [-0.4, -0.2) is 33.0 Å². The molecule has 0 amide bonds. The molecule has 1 aromatic rings. The number of hydrogen-bond acceptors (Lipinski definition) is 5. The Balaban J connectivity index is 0.000000187. The van der Waals surface area contributed by atoms with E-state index >= 15 is 0 Å². The number of anilines is 1. The third kappa shape index (κ3) is 4.01. The Morgan fingerprint density at radius 2 is 2.00 bits per heavy atom. The van der Waals surface area contributed by atoms with Crippen LogP contribution in [0.3, 0.4) is 0 Å². The topological polar surface area (TPSA) is 66.8 Å². The van der Waals surface area contributed by atoms with E-state index in [9.17, 15) is 8.42 Å². The standard InChI is InChI=1S/C8H9NS.CH4O4S/c1-9-6-10-8-5-3-2-4-7(8)9;1-5-6(2,3)4/h2-5H,6H2,1H3;1H3,(H,2,3,4). The molecule has 0 unspecified atom stereocenters. The molecule has 16 heavy (non-hydrogen) atoms. The molecule has 5 nitrogen and oxygen atoms in total. The van der Waals surface area contributed by atoms with Crippen LogP contribution in [-0.2, 0) is 14.6 Å². The largest absolute Gasteiger partial charge is 0.397 e. The van der Waals surface area contributed by atoms with E-state index in [0.29, 0.717) is 0 Å². The fourth-order valence-electron chi connectivity index (χ4n) is 1.13. The van der Waals surface area contributed by atoms with Crippen LogP contribution in [0.2, 0.25) is 0 Å². The lowest BCUT2D eigenvalue weighted by molar-refractivity contribution is 0.324. The highest BCUT2D eigenvalue weighted by Crippen LogP contribution is 2.36. The summed E-state index contributed by atoms with van der Waals surface area (Å²) in [6.07, 6.45) is 0. The molecule has 0 fully saturated rings. The first-order chi connectivity index (χ1) is 7.44. The SMILES string of the molecule is CN1CSc2ccccc21.COS(=O)(=O)O. The maximum absolute atomic E-state index is 9.33. The third-order valence-corrected chi connectivity index (χ3v) is 3.49. The number of nitrogens with zero attached hydrogens (tertiary/aromatic N) is 1. The molecule has 0 aliphatic carbocycles. The number of thioether (sulfide) groups is 1. The van der Waals surface area contributed by atoms with Crippen molar-refractivity contribution >= 4 is 27.8 Å². The van der Waals surface area contributed by atoms with Gasteiger partial charge in [0.1, 0.15) is 0 Å². The number of fused-ring (bicyclic) bond motifs is 1. The molecule has 0 atom stereocenters. The Morgan fingerprint density at radius 1 is 1.44 bits per heavy atom. The molecule has 90 valence electrons. The third-order valence-electron chi connectivity index (χ3n) is 1.90. The van der Waals surface area contributed by atoms with Gasteiger partial charge in [0.05, 0.1) is 18.7 Å². The van der Waals surface area contributed by atoms with Crippen molar-refractivity contribution in [1.82, 2.24) is 0 Å². The van der Waals surface area contributed by atoms with E-state index in [-0.39, 0.29) is 0 Å². The number of hydrogen-bond donors (Lipinski definition) is 1. The molecule has 0 saturated heterocycles. The lowest BCUT2D eigenvalue weighted by atomic mass is 10.3. The maximum atomic E-state index is 9.33. The fourth-order valence-corrected chi connectivity index (χ4v) is 2.15. The molecular formula is C9H13NO4S2. The molecule has 1 aliphatic rings. The summed E-state index contributed by atoms with van der Waals surface area (Å²) in [6, 6.07) is 8.50. The van der Waals surface area contributed by atoms with Crippen LogP contribution < -0.4 is 4.90 Å². The molecular weight excluding hydrogens is 250 g/mol. The molecule has 1 aromatic carbocycles. The summed E-state index contributed by atoms with van der Waals surface area (Å²) in [6.45, 7) is 0. The molecule has 0 radical (unpaired) electrons. The molecule has 1 aliphatic heterocycles. The number of rotatable bonds is 1. The summed E-state index contributed by atoms with van der Waals surface area (Å²) >= 11 is 1.90. The second-order valence-corrected chi connectivity index (χ2v) is 5.21. The van der Waals surface area contributed by atoms with Crippen molar-refractivity contribution in [3.05, 3.63) is 24.3 Å². The van der Waals surface area contributed by atoms with Crippen molar-refractivity contribution in [2.24, 2.45) is 0 Å². The fraction of sp³-hybridized carbons (Fsp3) is 0.333. The van der Waals surface area contributed by atoms with Crippen LogP contribution in [0.5, 0.6) is 0 Å². The van der Waals surface area contributed by atoms with E-state index in [1.54, 1.807) is 0 Å². The summed E-state index contributed by atoms with van der Waals surface area (Å²) in [5.41, 5.74) is 1.37.